The molecule has 0 saturated carbocycles. The monoisotopic (exact) mass is 547 g/mol. The zero-order valence-electron chi connectivity index (χ0n) is 22.6. The zero-order chi connectivity index (χ0) is 28.8. The third kappa shape index (κ3) is 6.62. The topological polar surface area (TPSA) is 114 Å². The maximum Gasteiger partial charge on any atom is 0.337 e. The summed E-state index contributed by atoms with van der Waals surface area (Å²) in [6, 6.07) is 26.7. The summed E-state index contributed by atoms with van der Waals surface area (Å²) in [5.74, 6) is 0.958. The number of hydrogen-bond acceptors (Lipinski definition) is 6. The summed E-state index contributed by atoms with van der Waals surface area (Å²) in [5.41, 5.74) is 2.97. The average molecular weight is 548 g/mol. The highest BCUT2D eigenvalue weighted by atomic mass is 16.5. The van der Waals surface area contributed by atoms with Gasteiger partial charge >= 0.3 is 5.97 Å². The molecule has 0 atom stereocenters. The fourth-order valence-corrected chi connectivity index (χ4v) is 4.36. The number of anilines is 2. The van der Waals surface area contributed by atoms with Gasteiger partial charge in [0.15, 0.2) is 0 Å². The standard InChI is InChI=1S/C33H29N3O5/c1-21(2)27-19-30(36-32(37)22-8-10-25(11-9-22)40-24-6-4-3-5-7-24)29(33(38)39)18-28(27)31-13-12-26(41-31)20-35-23-14-16-34-17-15-23/h3-19,21H,20H2,1-2H3,(H,34,35)(H,36,37)(H,38,39). The maximum atomic E-state index is 13.1. The third-order valence-corrected chi connectivity index (χ3v) is 6.46. The van der Waals surface area contributed by atoms with Gasteiger partial charge in [0.05, 0.1) is 17.8 Å². The van der Waals surface area contributed by atoms with Crippen LogP contribution in [0.15, 0.2) is 108 Å². The number of aromatic carboxylic acids is 1. The van der Waals surface area contributed by atoms with Gasteiger partial charge in [-0.15, -0.1) is 0 Å². The minimum absolute atomic E-state index is 0.0291. The van der Waals surface area contributed by atoms with Gasteiger partial charge < -0.3 is 24.9 Å². The Morgan fingerprint density at radius 3 is 2.29 bits per heavy atom. The number of benzene rings is 3. The van der Waals surface area contributed by atoms with Gasteiger partial charge in [0.1, 0.15) is 23.0 Å². The predicted molar refractivity (Wildman–Crippen MR) is 158 cm³/mol. The summed E-state index contributed by atoms with van der Waals surface area (Å²) < 4.78 is 11.9. The van der Waals surface area contributed by atoms with Crippen molar-refractivity contribution in [2.45, 2.75) is 26.3 Å². The molecule has 5 aromatic rings. The second-order valence-electron chi connectivity index (χ2n) is 9.69. The fourth-order valence-electron chi connectivity index (χ4n) is 4.36. The molecule has 8 heteroatoms. The quantitative estimate of drug-likeness (QED) is 0.163. The van der Waals surface area contributed by atoms with Crippen molar-refractivity contribution in [2.75, 3.05) is 10.6 Å². The van der Waals surface area contributed by atoms with Crippen LogP contribution in [0.4, 0.5) is 11.4 Å². The van der Waals surface area contributed by atoms with Crippen molar-refractivity contribution >= 4 is 23.3 Å². The van der Waals surface area contributed by atoms with Crippen LogP contribution in [0.2, 0.25) is 0 Å². The first-order valence-corrected chi connectivity index (χ1v) is 13.2. The number of furan rings is 1. The number of hydrogen-bond donors (Lipinski definition) is 3. The van der Waals surface area contributed by atoms with Crippen molar-refractivity contribution in [2.24, 2.45) is 0 Å². The molecule has 0 unspecified atom stereocenters. The molecule has 2 aromatic heterocycles. The molecule has 0 radical (unpaired) electrons. The Morgan fingerprint density at radius 1 is 0.902 bits per heavy atom. The fraction of sp³-hybridized carbons (Fsp3) is 0.121. The van der Waals surface area contributed by atoms with E-state index in [1.807, 2.05) is 68.4 Å². The normalized spacial score (nSPS) is 10.8. The van der Waals surface area contributed by atoms with E-state index < -0.39 is 11.9 Å². The summed E-state index contributed by atoms with van der Waals surface area (Å²) in [7, 11) is 0. The van der Waals surface area contributed by atoms with E-state index in [9.17, 15) is 14.7 Å². The third-order valence-electron chi connectivity index (χ3n) is 6.46. The van der Waals surface area contributed by atoms with Crippen LogP contribution >= 0.6 is 0 Å². The van der Waals surface area contributed by atoms with Crippen molar-refractivity contribution in [3.8, 4) is 22.8 Å². The highest BCUT2D eigenvalue weighted by Crippen LogP contribution is 2.35. The number of pyridine rings is 1. The Morgan fingerprint density at radius 2 is 1.61 bits per heavy atom. The van der Waals surface area contributed by atoms with E-state index in [2.05, 4.69) is 15.6 Å². The molecule has 8 nitrogen and oxygen atoms in total. The van der Waals surface area contributed by atoms with Crippen LogP contribution in [0.1, 0.15) is 51.8 Å². The lowest BCUT2D eigenvalue weighted by Gasteiger charge is -2.17. The van der Waals surface area contributed by atoms with Crippen LogP contribution in [0.5, 0.6) is 11.5 Å². The Balaban J connectivity index is 1.37. The van der Waals surface area contributed by atoms with Crippen LogP contribution in [0.3, 0.4) is 0 Å². The van der Waals surface area contributed by atoms with Gasteiger partial charge in [-0.05, 0) is 84.3 Å². The molecule has 0 aliphatic carbocycles. The molecule has 41 heavy (non-hydrogen) atoms. The first-order chi connectivity index (χ1) is 19.9. The maximum absolute atomic E-state index is 13.1. The van der Waals surface area contributed by atoms with Crippen LogP contribution in [0.25, 0.3) is 11.3 Å². The van der Waals surface area contributed by atoms with E-state index in [0.717, 1.165) is 11.3 Å². The SMILES string of the molecule is CC(C)c1cc(NC(=O)c2ccc(Oc3ccccc3)cc2)c(C(=O)O)cc1-c1ccc(CNc2ccncc2)o1. The lowest BCUT2D eigenvalue weighted by molar-refractivity contribution is 0.0698. The highest BCUT2D eigenvalue weighted by Gasteiger charge is 2.21. The molecular formula is C33H29N3O5. The number of amides is 1. The molecular weight excluding hydrogens is 518 g/mol. The van der Waals surface area contributed by atoms with Crippen molar-refractivity contribution in [3.05, 3.63) is 126 Å². The Kier molecular flexibility index (Phi) is 8.10. The van der Waals surface area contributed by atoms with Crippen LogP contribution in [-0.4, -0.2) is 22.0 Å². The number of carbonyl (C=O) groups excluding carboxylic acids is 1. The molecule has 2 heterocycles. The number of ether oxygens (including phenoxy) is 1. The molecule has 0 aliphatic rings. The Hall–Kier alpha value is -5.37. The van der Waals surface area contributed by atoms with E-state index in [4.69, 9.17) is 9.15 Å². The van der Waals surface area contributed by atoms with E-state index in [0.29, 0.717) is 40.7 Å². The molecule has 0 aliphatic heterocycles. The summed E-state index contributed by atoms with van der Waals surface area (Å²) in [6.45, 7) is 4.46. The zero-order valence-corrected chi connectivity index (χ0v) is 22.6. The van der Waals surface area contributed by atoms with Crippen molar-refractivity contribution in [1.29, 1.82) is 0 Å². The molecule has 0 fully saturated rings. The molecule has 0 bridgehead atoms. The number of rotatable bonds is 10. The average Bonchev–Trinajstić information content (AvgIpc) is 3.46. The highest BCUT2D eigenvalue weighted by molar-refractivity contribution is 6.08. The number of nitrogens with zero attached hydrogens (tertiary/aromatic N) is 1. The Bertz CT molecular complexity index is 1650. The van der Waals surface area contributed by atoms with E-state index >= 15 is 0 Å². The van der Waals surface area contributed by atoms with Crippen LogP contribution in [-0.2, 0) is 6.54 Å². The number of carboxylic acids is 1. The smallest absolute Gasteiger partial charge is 0.337 e. The van der Waals surface area contributed by atoms with Crippen LogP contribution < -0.4 is 15.4 Å². The van der Waals surface area contributed by atoms with Gasteiger partial charge in [-0.1, -0.05) is 32.0 Å². The Labute approximate surface area is 237 Å². The van der Waals surface area contributed by atoms with Gasteiger partial charge in [-0.2, -0.15) is 0 Å². The minimum atomic E-state index is -1.16. The number of aromatic nitrogens is 1. The summed E-state index contributed by atoms with van der Waals surface area (Å²) in [6.07, 6.45) is 3.40. The number of nitrogens with one attached hydrogen (secondary N) is 2. The van der Waals surface area contributed by atoms with Crippen molar-refractivity contribution in [3.63, 3.8) is 0 Å². The second kappa shape index (κ2) is 12.2. The predicted octanol–water partition coefficient (Wildman–Crippen LogP) is 7.82. The lowest BCUT2D eigenvalue weighted by atomic mass is 9.92. The molecule has 0 saturated heterocycles. The molecule has 3 N–H and O–H groups in total. The van der Waals surface area contributed by atoms with Gasteiger partial charge in [0.25, 0.3) is 5.91 Å². The van der Waals surface area contributed by atoms with Crippen molar-refractivity contribution < 1.29 is 23.8 Å². The van der Waals surface area contributed by atoms with Gasteiger partial charge in [0, 0.05) is 29.2 Å². The molecule has 3 aromatic carbocycles. The molecule has 5 rings (SSSR count). The number of carboxylic acid groups (broad SMARTS) is 1. The first-order valence-electron chi connectivity index (χ1n) is 13.2. The largest absolute Gasteiger partial charge is 0.478 e. The van der Waals surface area contributed by atoms with Gasteiger partial charge in [-0.25, -0.2) is 4.79 Å². The van der Waals surface area contributed by atoms with Crippen molar-refractivity contribution in [1.82, 2.24) is 4.98 Å². The molecule has 1 amide bonds. The van der Waals surface area contributed by atoms with Gasteiger partial charge in [-0.3, -0.25) is 9.78 Å². The lowest BCUT2D eigenvalue weighted by Crippen LogP contribution is -2.15. The molecule has 0 spiro atoms. The van der Waals surface area contributed by atoms with Gasteiger partial charge in [0.2, 0.25) is 0 Å². The van der Waals surface area contributed by atoms with E-state index in [-0.39, 0.29) is 17.2 Å². The summed E-state index contributed by atoms with van der Waals surface area (Å²) in [5, 5.41) is 16.1. The number of carbonyl (C=O) groups is 2. The van der Waals surface area contributed by atoms with E-state index in [1.165, 1.54) is 0 Å². The second-order valence-corrected chi connectivity index (χ2v) is 9.69. The first kappa shape index (κ1) is 27.2. The molecule has 206 valence electrons. The van der Waals surface area contributed by atoms with E-state index in [1.54, 1.807) is 48.8 Å². The summed E-state index contributed by atoms with van der Waals surface area (Å²) >= 11 is 0. The minimum Gasteiger partial charge on any atom is -0.478 e. The van der Waals surface area contributed by atoms with Crippen LogP contribution in [0, 0.1) is 0 Å². The summed E-state index contributed by atoms with van der Waals surface area (Å²) in [4.78, 5) is 29.4. The number of para-hydroxylation sites is 1.